The fourth-order valence-corrected chi connectivity index (χ4v) is 3.97. The summed E-state index contributed by atoms with van der Waals surface area (Å²) in [5, 5.41) is 2.81. The highest BCUT2D eigenvalue weighted by Crippen LogP contribution is 2.64. The van der Waals surface area contributed by atoms with E-state index in [9.17, 15) is 14.4 Å². The minimum Gasteiger partial charge on any atom is -0.462 e. The number of ether oxygens (including phenoxy) is 3. The van der Waals surface area contributed by atoms with Gasteiger partial charge in [0.05, 0.1) is 25.3 Å². The Labute approximate surface area is 140 Å². The van der Waals surface area contributed by atoms with Crippen molar-refractivity contribution in [1.29, 1.82) is 0 Å². The normalized spacial score (nSPS) is 29.2. The van der Waals surface area contributed by atoms with Crippen molar-refractivity contribution in [2.45, 2.75) is 39.3 Å². The van der Waals surface area contributed by atoms with Crippen LogP contribution in [0.4, 0.5) is 9.59 Å². The van der Waals surface area contributed by atoms with E-state index in [1.54, 1.807) is 13.8 Å². The molecule has 8 heteroatoms. The molecule has 3 rings (SSSR count). The third kappa shape index (κ3) is 2.59. The van der Waals surface area contributed by atoms with Crippen LogP contribution in [0.2, 0.25) is 0 Å². The molecule has 132 valence electrons. The van der Waals surface area contributed by atoms with Gasteiger partial charge >= 0.3 is 18.2 Å². The topological polar surface area (TPSA) is 85.4 Å². The van der Waals surface area contributed by atoms with E-state index in [0.717, 1.165) is 12.0 Å². The Bertz CT molecular complexity index is 551. The zero-order valence-corrected chi connectivity index (χ0v) is 14.1. The Morgan fingerprint density at radius 2 is 1.50 bits per heavy atom. The number of hydrazine groups is 1. The van der Waals surface area contributed by atoms with Gasteiger partial charge in [0.25, 0.3) is 0 Å². The highest BCUT2D eigenvalue weighted by Gasteiger charge is 2.70. The molecule has 1 heterocycles. The van der Waals surface area contributed by atoms with Gasteiger partial charge < -0.3 is 14.2 Å². The maximum atomic E-state index is 12.3. The van der Waals surface area contributed by atoms with E-state index in [2.05, 4.69) is 0 Å². The third-order valence-corrected chi connectivity index (χ3v) is 4.74. The van der Waals surface area contributed by atoms with Gasteiger partial charge in [0.15, 0.2) is 0 Å². The van der Waals surface area contributed by atoms with Crippen LogP contribution in [0.5, 0.6) is 0 Å². The van der Waals surface area contributed by atoms with Gasteiger partial charge in [-0.2, -0.15) is 0 Å². The number of nitrogens with zero attached hydrogens (tertiary/aromatic N) is 2. The van der Waals surface area contributed by atoms with Crippen LogP contribution in [-0.4, -0.2) is 60.1 Å². The molecule has 8 nitrogen and oxygen atoms in total. The predicted molar refractivity (Wildman–Crippen MR) is 81.6 cm³/mol. The molecule has 24 heavy (non-hydrogen) atoms. The highest BCUT2D eigenvalue weighted by atomic mass is 16.6. The average molecular weight is 338 g/mol. The molecule has 2 aliphatic carbocycles. The van der Waals surface area contributed by atoms with Crippen molar-refractivity contribution in [3.05, 3.63) is 11.6 Å². The number of hydrogen-bond acceptors (Lipinski definition) is 6. The minimum absolute atomic E-state index is 0.105. The van der Waals surface area contributed by atoms with Crippen LogP contribution in [0.3, 0.4) is 0 Å². The van der Waals surface area contributed by atoms with Gasteiger partial charge in [-0.3, -0.25) is 4.79 Å². The second-order valence-corrected chi connectivity index (χ2v) is 6.02. The van der Waals surface area contributed by atoms with Gasteiger partial charge in [-0.25, -0.2) is 19.6 Å². The van der Waals surface area contributed by atoms with Gasteiger partial charge in [-0.05, 0) is 26.3 Å². The summed E-state index contributed by atoms with van der Waals surface area (Å²) in [5.74, 6) is 0.0863. The molecule has 4 unspecified atom stereocenters. The largest absolute Gasteiger partial charge is 0.462 e. The Hall–Kier alpha value is -2.25. The minimum atomic E-state index is -0.525. The van der Waals surface area contributed by atoms with E-state index in [1.165, 1.54) is 16.9 Å². The van der Waals surface area contributed by atoms with E-state index >= 15 is 0 Å². The molecule has 2 saturated carbocycles. The first-order chi connectivity index (χ1) is 11.5. The summed E-state index contributed by atoms with van der Waals surface area (Å²) in [4.78, 5) is 35.5. The first kappa shape index (κ1) is 16.6. The molecule has 0 spiro atoms. The summed E-state index contributed by atoms with van der Waals surface area (Å²) >= 11 is 0. The molecular weight excluding hydrogens is 316 g/mol. The summed E-state index contributed by atoms with van der Waals surface area (Å²) in [5.41, 5.74) is 1.14. The predicted octanol–water partition coefficient (Wildman–Crippen LogP) is 1.71. The zero-order valence-electron chi connectivity index (χ0n) is 14.1. The van der Waals surface area contributed by atoms with Crippen molar-refractivity contribution >= 4 is 18.2 Å². The summed E-state index contributed by atoms with van der Waals surface area (Å²) in [6.45, 7) is 5.52. The molecule has 0 aromatic rings. The van der Waals surface area contributed by atoms with Gasteiger partial charge in [-0.1, -0.05) is 5.57 Å². The second kappa shape index (κ2) is 6.33. The second-order valence-electron chi connectivity index (χ2n) is 6.02. The SMILES string of the molecule is CCOC(=O)N1C2CC(C3C(=CCOC(C)=O)C32)N1C(=O)OCC. The van der Waals surface area contributed by atoms with Crippen LogP contribution < -0.4 is 0 Å². The van der Waals surface area contributed by atoms with Gasteiger partial charge in [0, 0.05) is 18.8 Å². The molecule has 1 saturated heterocycles. The smallest absolute Gasteiger partial charge is 0.429 e. The number of fused-ring (bicyclic) bond motifs is 5. The number of carbonyl (C=O) groups excluding carboxylic acids is 3. The zero-order chi connectivity index (χ0) is 17.4. The number of esters is 1. The first-order valence-electron chi connectivity index (χ1n) is 8.26. The number of rotatable bonds is 4. The van der Waals surface area contributed by atoms with E-state index < -0.39 is 12.2 Å². The van der Waals surface area contributed by atoms with Gasteiger partial charge in [-0.15, -0.1) is 0 Å². The Morgan fingerprint density at radius 3 is 1.92 bits per heavy atom. The quantitative estimate of drug-likeness (QED) is 0.441. The third-order valence-electron chi connectivity index (χ3n) is 4.74. The fraction of sp³-hybridized carbons (Fsp3) is 0.688. The maximum absolute atomic E-state index is 12.3. The highest BCUT2D eigenvalue weighted by molar-refractivity contribution is 5.77. The van der Waals surface area contributed by atoms with Crippen molar-refractivity contribution in [3.63, 3.8) is 0 Å². The van der Waals surface area contributed by atoms with Crippen molar-refractivity contribution < 1.29 is 28.6 Å². The summed E-state index contributed by atoms with van der Waals surface area (Å²) in [7, 11) is 0. The Balaban J connectivity index is 1.77. The Morgan fingerprint density at radius 1 is 1.00 bits per heavy atom. The van der Waals surface area contributed by atoms with Crippen molar-refractivity contribution in [1.82, 2.24) is 10.0 Å². The lowest BCUT2D eigenvalue weighted by molar-refractivity contribution is -0.139. The van der Waals surface area contributed by atoms with Crippen molar-refractivity contribution in [3.8, 4) is 0 Å². The molecule has 2 amide bonds. The molecule has 0 N–H and O–H groups in total. The standard InChI is InChI=1S/C16H22N2O6/c1-4-22-15(20)17-11-8-12(18(17)16(21)23-5-2)14-10(13(11)14)6-7-24-9(3)19/h6,11-14H,4-5,7-8H2,1-3H3. The van der Waals surface area contributed by atoms with Gasteiger partial charge in [0.1, 0.15) is 6.61 Å². The van der Waals surface area contributed by atoms with E-state index in [-0.39, 0.29) is 49.7 Å². The lowest BCUT2D eigenvalue weighted by atomic mass is 10.1. The fourth-order valence-electron chi connectivity index (χ4n) is 3.97. The van der Waals surface area contributed by atoms with Crippen molar-refractivity contribution in [2.75, 3.05) is 19.8 Å². The van der Waals surface area contributed by atoms with E-state index in [0.29, 0.717) is 0 Å². The molecule has 0 radical (unpaired) electrons. The maximum Gasteiger partial charge on any atom is 0.429 e. The molecule has 0 aromatic heterocycles. The monoisotopic (exact) mass is 338 g/mol. The average Bonchev–Trinajstić information content (AvgIpc) is 2.94. The van der Waals surface area contributed by atoms with E-state index in [4.69, 9.17) is 14.2 Å². The molecule has 3 fully saturated rings. The number of carbonyl (C=O) groups is 3. The molecule has 2 bridgehead atoms. The first-order valence-corrected chi connectivity index (χ1v) is 8.26. The number of hydrogen-bond donors (Lipinski definition) is 0. The molecular formula is C16H22N2O6. The summed E-state index contributed by atoms with van der Waals surface area (Å²) in [6.07, 6.45) is 1.55. The lowest BCUT2D eigenvalue weighted by Crippen LogP contribution is -2.54. The van der Waals surface area contributed by atoms with Crippen molar-refractivity contribution in [2.24, 2.45) is 11.8 Å². The molecule has 3 aliphatic rings. The summed E-state index contributed by atoms with van der Waals surface area (Å²) < 4.78 is 15.1. The van der Waals surface area contributed by atoms with Crippen LogP contribution >= 0.6 is 0 Å². The van der Waals surface area contributed by atoms with Gasteiger partial charge in [0.2, 0.25) is 0 Å². The lowest BCUT2D eigenvalue weighted by Gasteiger charge is -2.35. The molecule has 1 aliphatic heterocycles. The number of amides is 2. The van der Waals surface area contributed by atoms with Crippen LogP contribution in [0, 0.1) is 11.8 Å². The molecule has 4 atom stereocenters. The van der Waals surface area contributed by atoms with Crippen LogP contribution in [-0.2, 0) is 19.0 Å². The van der Waals surface area contributed by atoms with Crippen LogP contribution in [0.1, 0.15) is 27.2 Å². The van der Waals surface area contributed by atoms with E-state index in [1.807, 2.05) is 6.08 Å². The molecule has 0 aromatic carbocycles. The van der Waals surface area contributed by atoms with Crippen LogP contribution in [0.25, 0.3) is 0 Å². The summed E-state index contributed by atoms with van der Waals surface area (Å²) in [6, 6.07) is -0.209. The Kier molecular flexibility index (Phi) is 4.38. The van der Waals surface area contributed by atoms with Crippen LogP contribution in [0.15, 0.2) is 11.6 Å².